The molecule has 0 bridgehead atoms. The SMILES string of the molecule is CCOC(=O)c1cc(-c2cn(C)nn2)n(-c2ccc(OC)nc2)n1. The number of hydrogen-bond donors (Lipinski definition) is 0. The van der Waals surface area contributed by atoms with Gasteiger partial charge >= 0.3 is 5.97 Å². The Labute approximate surface area is 137 Å². The van der Waals surface area contributed by atoms with Crippen LogP contribution in [0, 0.1) is 0 Å². The number of esters is 1. The Morgan fingerprint density at radius 2 is 2.17 bits per heavy atom. The van der Waals surface area contributed by atoms with Crippen molar-refractivity contribution in [3.05, 3.63) is 36.3 Å². The van der Waals surface area contributed by atoms with Gasteiger partial charge in [-0.2, -0.15) is 5.10 Å². The van der Waals surface area contributed by atoms with Crippen molar-refractivity contribution in [3.63, 3.8) is 0 Å². The molecular weight excluding hydrogens is 312 g/mol. The van der Waals surface area contributed by atoms with E-state index in [4.69, 9.17) is 9.47 Å². The molecule has 0 aromatic carbocycles. The first kappa shape index (κ1) is 15.7. The molecule has 124 valence electrons. The first-order valence-electron chi connectivity index (χ1n) is 7.26. The predicted octanol–water partition coefficient (Wildman–Crippen LogP) is 1.25. The van der Waals surface area contributed by atoms with Crippen molar-refractivity contribution in [2.24, 2.45) is 7.05 Å². The number of aromatic nitrogens is 6. The highest BCUT2D eigenvalue weighted by Crippen LogP contribution is 2.23. The van der Waals surface area contributed by atoms with Gasteiger partial charge in [-0.1, -0.05) is 5.21 Å². The lowest BCUT2D eigenvalue weighted by molar-refractivity contribution is 0.0519. The van der Waals surface area contributed by atoms with E-state index in [0.29, 0.717) is 23.0 Å². The molecule has 0 fully saturated rings. The van der Waals surface area contributed by atoms with E-state index in [1.54, 1.807) is 61.0 Å². The molecule has 0 N–H and O–H groups in total. The molecule has 0 atom stereocenters. The number of carbonyl (C=O) groups excluding carboxylic acids is 1. The van der Waals surface area contributed by atoms with Crippen LogP contribution in [0.2, 0.25) is 0 Å². The lowest BCUT2D eigenvalue weighted by Crippen LogP contribution is -2.07. The van der Waals surface area contributed by atoms with Crippen LogP contribution in [-0.2, 0) is 11.8 Å². The third kappa shape index (κ3) is 2.96. The summed E-state index contributed by atoms with van der Waals surface area (Å²) in [4.78, 5) is 16.2. The Bertz CT molecular complexity index is 852. The Balaban J connectivity index is 2.09. The predicted molar refractivity (Wildman–Crippen MR) is 83.9 cm³/mol. The van der Waals surface area contributed by atoms with Crippen LogP contribution in [-0.4, -0.2) is 49.4 Å². The first-order chi connectivity index (χ1) is 11.6. The fourth-order valence-corrected chi connectivity index (χ4v) is 2.15. The lowest BCUT2D eigenvalue weighted by Gasteiger charge is -2.05. The maximum absolute atomic E-state index is 12.0. The van der Waals surface area contributed by atoms with Crippen LogP contribution in [0.4, 0.5) is 0 Å². The zero-order valence-corrected chi connectivity index (χ0v) is 13.5. The van der Waals surface area contributed by atoms with Crippen LogP contribution in [0.1, 0.15) is 17.4 Å². The highest BCUT2D eigenvalue weighted by Gasteiger charge is 2.19. The minimum Gasteiger partial charge on any atom is -0.481 e. The van der Waals surface area contributed by atoms with Crippen LogP contribution in [0.15, 0.2) is 30.6 Å². The van der Waals surface area contributed by atoms with Gasteiger partial charge in [-0.05, 0) is 13.0 Å². The summed E-state index contributed by atoms with van der Waals surface area (Å²) in [7, 11) is 3.30. The standard InChI is InChI=1S/C15H16N6O3/c1-4-24-15(22)11-7-13(12-9-20(2)19-17-12)21(18-11)10-5-6-14(23-3)16-8-10/h5-9H,4H2,1-3H3. The zero-order valence-electron chi connectivity index (χ0n) is 13.5. The van der Waals surface area contributed by atoms with Crippen molar-refractivity contribution in [1.29, 1.82) is 0 Å². The van der Waals surface area contributed by atoms with Gasteiger partial charge < -0.3 is 9.47 Å². The van der Waals surface area contributed by atoms with Gasteiger partial charge in [0.2, 0.25) is 5.88 Å². The second kappa shape index (κ2) is 6.49. The van der Waals surface area contributed by atoms with Gasteiger partial charge in [0, 0.05) is 19.2 Å². The summed E-state index contributed by atoms with van der Waals surface area (Å²) in [6, 6.07) is 5.11. The molecule has 24 heavy (non-hydrogen) atoms. The summed E-state index contributed by atoms with van der Waals surface area (Å²) in [5.74, 6) is -0.0135. The largest absolute Gasteiger partial charge is 0.481 e. The molecule has 0 radical (unpaired) electrons. The average Bonchev–Trinajstić information content (AvgIpc) is 3.21. The Kier molecular flexibility index (Phi) is 4.23. The van der Waals surface area contributed by atoms with Gasteiger partial charge in [0.25, 0.3) is 0 Å². The van der Waals surface area contributed by atoms with Gasteiger partial charge in [0.15, 0.2) is 5.69 Å². The van der Waals surface area contributed by atoms with Gasteiger partial charge in [0.1, 0.15) is 5.69 Å². The Morgan fingerprint density at radius 1 is 1.33 bits per heavy atom. The third-order valence-electron chi connectivity index (χ3n) is 3.23. The quantitative estimate of drug-likeness (QED) is 0.650. The van der Waals surface area contributed by atoms with Gasteiger partial charge in [-0.15, -0.1) is 5.10 Å². The summed E-state index contributed by atoms with van der Waals surface area (Å²) in [6.07, 6.45) is 3.33. The van der Waals surface area contributed by atoms with E-state index in [-0.39, 0.29) is 12.3 Å². The molecule has 0 unspecified atom stereocenters. The van der Waals surface area contributed by atoms with Crippen LogP contribution < -0.4 is 4.74 Å². The summed E-state index contributed by atoms with van der Waals surface area (Å²) >= 11 is 0. The summed E-state index contributed by atoms with van der Waals surface area (Å²) in [5.41, 5.74) is 2.04. The van der Waals surface area contributed by atoms with Crippen LogP contribution >= 0.6 is 0 Å². The van der Waals surface area contributed by atoms with Crippen LogP contribution in [0.5, 0.6) is 5.88 Å². The molecular formula is C15H16N6O3. The van der Waals surface area contributed by atoms with Gasteiger partial charge in [-0.25, -0.2) is 14.5 Å². The molecule has 0 spiro atoms. The average molecular weight is 328 g/mol. The molecule has 9 nitrogen and oxygen atoms in total. The molecule has 0 saturated heterocycles. The normalized spacial score (nSPS) is 10.6. The van der Waals surface area contributed by atoms with E-state index >= 15 is 0 Å². The molecule has 0 aliphatic heterocycles. The fourth-order valence-electron chi connectivity index (χ4n) is 2.15. The molecule has 9 heteroatoms. The van der Waals surface area contributed by atoms with E-state index in [1.807, 2.05) is 0 Å². The number of rotatable bonds is 5. The van der Waals surface area contributed by atoms with E-state index in [9.17, 15) is 4.79 Å². The molecule has 3 aromatic heterocycles. The monoisotopic (exact) mass is 328 g/mol. The topological polar surface area (TPSA) is 97.0 Å². The Morgan fingerprint density at radius 3 is 2.75 bits per heavy atom. The molecule has 3 aromatic rings. The summed E-state index contributed by atoms with van der Waals surface area (Å²) in [5, 5.41) is 12.3. The van der Waals surface area contributed by atoms with Gasteiger partial charge in [0.05, 0.1) is 37.5 Å². The van der Waals surface area contributed by atoms with Crippen molar-refractivity contribution in [2.75, 3.05) is 13.7 Å². The summed E-state index contributed by atoms with van der Waals surface area (Å²) < 4.78 is 13.2. The molecule has 0 saturated carbocycles. The number of ether oxygens (including phenoxy) is 2. The number of methoxy groups -OCH3 is 1. The third-order valence-corrected chi connectivity index (χ3v) is 3.23. The van der Waals surface area contributed by atoms with E-state index in [0.717, 1.165) is 0 Å². The fraction of sp³-hybridized carbons (Fsp3) is 0.267. The van der Waals surface area contributed by atoms with E-state index in [2.05, 4.69) is 20.4 Å². The van der Waals surface area contributed by atoms with Crippen LogP contribution in [0.3, 0.4) is 0 Å². The molecule has 0 aliphatic carbocycles. The maximum Gasteiger partial charge on any atom is 0.358 e. The van der Waals surface area contributed by atoms with Crippen molar-refractivity contribution >= 4 is 5.97 Å². The van der Waals surface area contributed by atoms with Gasteiger partial charge in [-0.3, -0.25) is 4.68 Å². The zero-order chi connectivity index (χ0) is 17.1. The van der Waals surface area contributed by atoms with E-state index < -0.39 is 5.97 Å². The highest BCUT2D eigenvalue weighted by molar-refractivity contribution is 5.88. The molecule has 0 amide bonds. The summed E-state index contributed by atoms with van der Waals surface area (Å²) in [6.45, 7) is 2.02. The van der Waals surface area contributed by atoms with E-state index in [1.165, 1.54) is 0 Å². The van der Waals surface area contributed by atoms with Crippen LogP contribution in [0.25, 0.3) is 17.1 Å². The van der Waals surface area contributed by atoms with Crippen molar-refractivity contribution in [3.8, 4) is 23.0 Å². The van der Waals surface area contributed by atoms with Crippen molar-refractivity contribution in [2.45, 2.75) is 6.92 Å². The smallest absolute Gasteiger partial charge is 0.358 e. The number of carbonyl (C=O) groups is 1. The lowest BCUT2D eigenvalue weighted by atomic mass is 10.3. The second-order valence-electron chi connectivity index (χ2n) is 4.88. The minimum atomic E-state index is -0.497. The second-order valence-corrected chi connectivity index (χ2v) is 4.88. The Hall–Kier alpha value is -3.23. The number of hydrogen-bond acceptors (Lipinski definition) is 7. The first-order valence-corrected chi connectivity index (χ1v) is 7.26. The molecule has 0 aliphatic rings. The number of aryl methyl sites for hydroxylation is 1. The number of pyridine rings is 1. The maximum atomic E-state index is 12.0. The highest BCUT2D eigenvalue weighted by atomic mass is 16.5. The van der Waals surface area contributed by atoms with Crippen molar-refractivity contribution in [1.82, 2.24) is 29.8 Å². The minimum absolute atomic E-state index is 0.188. The molecule has 3 heterocycles. The number of nitrogens with zero attached hydrogens (tertiary/aromatic N) is 6. The molecule has 3 rings (SSSR count). The van der Waals surface area contributed by atoms with Crippen molar-refractivity contribution < 1.29 is 14.3 Å².